The molecule has 14 nitrogen and oxygen atoms in total. The number of carboxylic acids is 1. The summed E-state index contributed by atoms with van der Waals surface area (Å²) in [5.41, 5.74) is 2.61. The maximum absolute atomic E-state index is 13.4. The van der Waals surface area contributed by atoms with Gasteiger partial charge < -0.3 is 29.2 Å². The summed E-state index contributed by atoms with van der Waals surface area (Å²) in [6.45, 7) is 3.07. The van der Waals surface area contributed by atoms with E-state index in [0.29, 0.717) is 22.5 Å². The van der Waals surface area contributed by atoms with Crippen molar-refractivity contribution in [2.75, 3.05) is 0 Å². The highest BCUT2D eigenvalue weighted by atomic mass is 31.2. The van der Waals surface area contributed by atoms with Gasteiger partial charge in [-0.2, -0.15) is 0 Å². The van der Waals surface area contributed by atoms with E-state index in [-0.39, 0.29) is 32.0 Å². The quantitative estimate of drug-likeness (QED) is 0.0513. The molecular formula is C36H40N3O11P. The summed E-state index contributed by atoms with van der Waals surface area (Å²) in [4.78, 5) is 62.2. The molecule has 270 valence electrons. The van der Waals surface area contributed by atoms with Crippen LogP contribution in [-0.2, 0) is 52.6 Å². The van der Waals surface area contributed by atoms with Crippen molar-refractivity contribution in [1.82, 2.24) is 15.7 Å². The number of alkyl carbamates (subject to hydrolysis) is 1. The van der Waals surface area contributed by atoms with E-state index in [1.165, 1.54) is 6.26 Å². The molecule has 0 aliphatic heterocycles. The van der Waals surface area contributed by atoms with Gasteiger partial charge in [-0.15, -0.1) is 0 Å². The lowest BCUT2D eigenvalue weighted by Crippen LogP contribution is -2.51. The predicted octanol–water partition coefficient (Wildman–Crippen LogP) is 5.18. The van der Waals surface area contributed by atoms with Crippen molar-refractivity contribution in [3.8, 4) is 11.3 Å². The minimum Gasteiger partial charge on any atom is -0.480 e. The SMILES string of the molecule is CC(C)C[C@H](NP(=O)(O)OC(NC(=O)OCc1ccccc1)C(=O)OCc1ccccc1)C(=O)N[C@@H](Cc1ccc(-c2ccco2)cc1)C(=O)O. The molecule has 1 heterocycles. The lowest BCUT2D eigenvalue weighted by atomic mass is 10.0. The van der Waals surface area contributed by atoms with Gasteiger partial charge in [0.2, 0.25) is 12.1 Å². The van der Waals surface area contributed by atoms with E-state index in [9.17, 15) is 33.7 Å². The van der Waals surface area contributed by atoms with E-state index in [0.717, 1.165) is 5.56 Å². The van der Waals surface area contributed by atoms with Gasteiger partial charge in [-0.25, -0.2) is 24.0 Å². The van der Waals surface area contributed by atoms with Gasteiger partial charge in [0.15, 0.2) is 0 Å². The van der Waals surface area contributed by atoms with Gasteiger partial charge in [0.25, 0.3) is 0 Å². The smallest absolute Gasteiger partial charge is 0.409 e. The zero-order valence-electron chi connectivity index (χ0n) is 28.0. The maximum Gasteiger partial charge on any atom is 0.409 e. The molecule has 1 aromatic heterocycles. The van der Waals surface area contributed by atoms with Crippen LogP contribution in [0.2, 0.25) is 0 Å². The highest BCUT2D eigenvalue weighted by Gasteiger charge is 2.37. The minimum atomic E-state index is -5.10. The van der Waals surface area contributed by atoms with Crippen LogP contribution < -0.4 is 15.7 Å². The Kier molecular flexibility index (Phi) is 14.1. The topological polar surface area (TPSA) is 203 Å². The number of carboxylic acid groups (broad SMARTS) is 1. The molecule has 0 fully saturated rings. The summed E-state index contributed by atoms with van der Waals surface area (Å²) in [5.74, 6) is -3.04. The molecule has 15 heteroatoms. The third-order valence-electron chi connectivity index (χ3n) is 7.30. The van der Waals surface area contributed by atoms with E-state index in [1.54, 1.807) is 111 Å². The molecule has 0 bridgehead atoms. The first-order chi connectivity index (χ1) is 24.4. The van der Waals surface area contributed by atoms with Crippen LogP contribution >= 0.6 is 7.75 Å². The van der Waals surface area contributed by atoms with Crippen LogP contribution in [0.25, 0.3) is 11.3 Å². The van der Waals surface area contributed by atoms with Crippen LogP contribution in [0, 0.1) is 5.92 Å². The van der Waals surface area contributed by atoms with E-state index in [4.69, 9.17) is 18.4 Å². The Morgan fingerprint density at radius 1 is 0.765 bits per heavy atom. The normalized spacial score (nSPS) is 14.0. The van der Waals surface area contributed by atoms with Crippen molar-refractivity contribution in [2.24, 2.45) is 5.92 Å². The molecule has 3 aromatic carbocycles. The van der Waals surface area contributed by atoms with Gasteiger partial charge in [0.1, 0.15) is 25.0 Å². The zero-order chi connectivity index (χ0) is 36.8. The summed E-state index contributed by atoms with van der Waals surface area (Å²) in [7, 11) is -5.10. The second-order valence-corrected chi connectivity index (χ2v) is 13.4. The van der Waals surface area contributed by atoms with Crippen molar-refractivity contribution >= 4 is 31.7 Å². The Morgan fingerprint density at radius 2 is 1.37 bits per heavy atom. The van der Waals surface area contributed by atoms with Gasteiger partial charge >= 0.3 is 25.8 Å². The number of carbonyl (C=O) groups is 4. The van der Waals surface area contributed by atoms with E-state index in [2.05, 4.69) is 15.7 Å². The largest absolute Gasteiger partial charge is 0.480 e. The predicted molar refractivity (Wildman–Crippen MR) is 184 cm³/mol. The number of carbonyl (C=O) groups excluding carboxylic acids is 3. The molecule has 2 amide bonds. The summed E-state index contributed by atoms with van der Waals surface area (Å²) in [5, 5.41) is 16.7. The first-order valence-electron chi connectivity index (χ1n) is 16.0. The molecule has 4 aromatic rings. The van der Waals surface area contributed by atoms with Gasteiger partial charge in [0.05, 0.1) is 12.3 Å². The Balaban J connectivity index is 1.44. The Morgan fingerprint density at radius 3 is 1.92 bits per heavy atom. The van der Waals surface area contributed by atoms with E-state index < -0.39 is 50.0 Å². The fourth-order valence-corrected chi connectivity index (χ4v) is 5.92. The van der Waals surface area contributed by atoms with Crippen LogP contribution in [0.5, 0.6) is 0 Å². The van der Waals surface area contributed by atoms with E-state index >= 15 is 0 Å². The molecule has 5 N–H and O–H groups in total. The van der Waals surface area contributed by atoms with Crippen molar-refractivity contribution in [3.63, 3.8) is 0 Å². The van der Waals surface area contributed by atoms with Gasteiger partial charge in [-0.3, -0.25) is 14.6 Å². The average molecular weight is 722 g/mol. The van der Waals surface area contributed by atoms with Crippen LogP contribution in [0.1, 0.15) is 37.0 Å². The molecular weight excluding hydrogens is 681 g/mol. The van der Waals surface area contributed by atoms with Crippen molar-refractivity contribution < 1.29 is 52.2 Å². The number of hydrogen-bond donors (Lipinski definition) is 5. The van der Waals surface area contributed by atoms with E-state index in [1.807, 2.05) is 0 Å². The Hall–Kier alpha value is -5.27. The lowest BCUT2D eigenvalue weighted by molar-refractivity contribution is -0.155. The molecule has 0 spiro atoms. The molecule has 0 aliphatic rings. The number of benzene rings is 3. The number of furan rings is 1. The molecule has 0 saturated carbocycles. The molecule has 2 unspecified atom stereocenters. The van der Waals surface area contributed by atoms with Gasteiger partial charge in [-0.1, -0.05) is 98.8 Å². The number of hydrogen-bond acceptors (Lipinski definition) is 9. The van der Waals surface area contributed by atoms with Crippen LogP contribution in [0.15, 0.2) is 108 Å². The Labute approximate surface area is 294 Å². The van der Waals surface area contributed by atoms with Crippen molar-refractivity contribution in [1.29, 1.82) is 0 Å². The van der Waals surface area contributed by atoms with Crippen LogP contribution in [0.4, 0.5) is 4.79 Å². The number of amides is 2. The second kappa shape index (κ2) is 18.6. The van der Waals surface area contributed by atoms with Gasteiger partial charge in [0, 0.05) is 12.0 Å². The van der Waals surface area contributed by atoms with Crippen molar-refractivity contribution in [2.45, 2.75) is 58.2 Å². The number of esters is 1. The summed E-state index contributed by atoms with van der Waals surface area (Å²) in [6, 6.07) is 24.8. The maximum atomic E-state index is 13.4. The Bertz CT molecular complexity index is 1770. The third kappa shape index (κ3) is 12.8. The second-order valence-electron chi connectivity index (χ2n) is 11.9. The van der Waals surface area contributed by atoms with Gasteiger partial charge in [-0.05, 0) is 41.2 Å². The molecule has 0 radical (unpaired) electrons. The van der Waals surface area contributed by atoms with Crippen LogP contribution in [-0.4, -0.2) is 52.3 Å². The standard InChI is InChI=1S/C36H40N3O11P/c1-24(2)20-29(32(40)37-30(34(41)42)21-25-15-17-28(18-16-25)31-14-9-19-47-31)39-51(45,46)50-33(35(43)48-22-26-10-5-3-6-11-26)38-36(44)49-23-27-12-7-4-8-13-27/h3-19,24,29-30,33H,20-23H2,1-2H3,(H,37,40)(H,38,44)(H,41,42)(H2,39,45,46)/t29-,30-,33?/m0/s1. The number of nitrogens with one attached hydrogen (secondary N) is 3. The molecule has 4 atom stereocenters. The number of ether oxygens (including phenoxy) is 2. The average Bonchev–Trinajstić information content (AvgIpc) is 3.65. The fourth-order valence-electron chi connectivity index (χ4n) is 4.82. The summed E-state index contributed by atoms with van der Waals surface area (Å²) in [6.07, 6.45) is -1.88. The summed E-state index contributed by atoms with van der Waals surface area (Å²) < 4.78 is 34.4. The third-order valence-corrected chi connectivity index (χ3v) is 8.44. The first kappa shape index (κ1) is 38.5. The van der Waals surface area contributed by atoms with Crippen LogP contribution in [0.3, 0.4) is 0 Å². The molecule has 51 heavy (non-hydrogen) atoms. The molecule has 0 saturated heterocycles. The highest BCUT2D eigenvalue weighted by molar-refractivity contribution is 7.50. The van der Waals surface area contributed by atoms with Crippen molar-refractivity contribution in [3.05, 3.63) is 120 Å². The monoisotopic (exact) mass is 721 g/mol. The molecule has 4 rings (SSSR count). The number of aliphatic carboxylic acids is 1. The fraction of sp³-hybridized carbons (Fsp3) is 0.278. The highest BCUT2D eigenvalue weighted by Crippen LogP contribution is 2.40. The summed E-state index contributed by atoms with van der Waals surface area (Å²) >= 11 is 0. The number of rotatable bonds is 18. The zero-order valence-corrected chi connectivity index (χ0v) is 28.9. The minimum absolute atomic E-state index is 0.0282. The first-order valence-corrected chi connectivity index (χ1v) is 17.6. The lowest BCUT2D eigenvalue weighted by Gasteiger charge is -2.26. The molecule has 0 aliphatic carbocycles.